The lowest BCUT2D eigenvalue weighted by Gasteiger charge is -2.41. The van der Waals surface area contributed by atoms with Crippen molar-refractivity contribution < 1.29 is 29.3 Å². The molecule has 3 N–H and O–H groups in total. The van der Waals surface area contributed by atoms with Crippen molar-refractivity contribution in [1.29, 1.82) is 0 Å². The highest BCUT2D eigenvalue weighted by molar-refractivity contribution is 6.38. The molecule has 10 heteroatoms. The van der Waals surface area contributed by atoms with E-state index < -0.39 is 11.6 Å². The molecule has 3 aliphatic rings. The SMILES string of the molecule is Cc1cc2c(cc1C(=O)O)N(C)C(=O)C2=C(Nc1ccc(C(=O)N2CCC(O)(CN3CCOCC3)CC2)cc1)c1ccccc1. The van der Waals surface area contributed by atoms with E-state index in [2.05, 4.69) is 10.2 Å². The number of carboxylic acid groups (broad SMARTS) is 1. The summed E-state index contributed by atoms with van der Waals surface area (Å²) in [4.78, 5) is 44.3. The number of aryl methyl sites for hydroxylation is 1. The van der Waals surface area contributed by atoms with E-state index in [1.54, 1.807) is 43.1 Å². The van der Waals surface area contributed by atoms with Crippen LogP contribution < -0.4 is 10.2 Å². The molecular formula is C35H38N4O6. The molecule has 3 heterocycles. The summed E-state index contributed by atoms with van der Waals surface area (Å²) in [5.74, 6) is -1.37. The maximum Gasteiger partial charge on any atom is 0.336 e. The van der Waals surface area contributed by atoms with Crippen LogP contribution in [0.15, 0.2) is 66.7 Å². The number of morpholine rings is 1. The molecule has 0 aliphatic carbocycles. The van der Waals surface area contributed by atoms with Gasteiger partial charge < -0.3 is 30.1 Å². The summed E-state index contributed by atoms with van der Waals surface area (Å²) in [5.41, 5.74) is 4.16. The number of nitrogens with zero attached hydrogens (tertiary/aromatic N) is 3. The highest BCUT2D eigenvalue weighted by Gasteiger charge is 2.37. The Bertz CT molecular complexity index is 1640. The number of nitrogens with one attached hydrogen (secondary N) is 1. The molecule has 0 unspecified atom stereocenters. The first kappa shape index (κ1) is 30.5. The number of carbonyl (C=O) groups excluding carboxylic acids is 2. The number of hydrogen-bond acceptors (Lipinski definition) is 7. The summed E-state index contributed by atoms with van der Waals surface area (Å²) in [6.45, 7) is 6.30. The van der Waals surface area contributed by atoms with Crippen molar-refractivity contribution in [3.63, 3.8) is 0 Å². The number of hydrogen-bond donors (Lipinski definition) is 3. The molecule has 10 nitrogen and oxygen atoms in total. The predicted molar refractivity (Wildman–Crippen MR) is 172 cm³/mol. The molecule has 0 saturated carbocycles. The first-order valence-corrected chi connectivity index (χ1v) is 15.3. The smallest absolute Gasteiger partial charge is 0.336 e. The van der Waals surface area contributed by atoms with Gasteiger partial charge in [0.05, 0.1) is 41.3 Å². The number of anilines is 2. The molecule has 0 radical (unpaired) electrons. The highest BCUT2D eigenvalue weighted by atomic mass is 16.5. The largest absolute Gasteiger partial charge is 0.478 e. The molecule has 0 spiro atoms. The van der Waals surface area contributed by atoms with E-state index in [0.717, 1.165) is 18.7 Å². The zero-order chi connectivity index (χ0) is 31.7. The van der Waals surface area contributed by atoms with Crippen LogP contribution in [0, 0.1) is 6.92 Å². The average Bonchev–Trinajstić information content (AvgIpc) is 3.28. The van der Waals surface area contributed by atoms with Gasteiger partial charge in [0.15, 0.2) is 0 Å². The normalized spacial score (nSPS) is 19.3. The third kappa shape index (κ3) is 6.22. The predicted octanol–water partition coefficient (Wildman–Crippen LogP) is 3.95. The maximum atomic E-state index is 13.6. The average molecular weight is 611 g/mol. The number of fused-ring (bicyclic) bond motifs is 1. The van der Waals surface area contributed by atoms with Gasteiger partial charge in [-0.3, -0.25) is 14.5 Å². The molecule has 6 rings (SSSR count). The quantitative estimate of drug-likeness (QED) is 0.344. The minimum Gasteiger partial charge on any atom is -0.478 e. The molecule has 0 aromatic heterocycles. The van der Waals surface area contributed by atoms with Crippen molar-refractivity contribution in [2.24, 2.45) is 0 Å². The number of β-amino-alcohol motifs (C(OH)–C–C–N with tert-alkyl or cyclic N) is 1. The zero-order valence-corrected chi connectivity index (χ0v) is 25.6. The number of likely N-dealkylation sites (tertiary alicyclic amines) is 1. The third-order valence-electron chi connectivity index (χ3n) is 9.04. The van der Waals surface area contributed by atoms with E-state index in [9.17, 15) is 24.6 Å². The molecule has 3 aromatic rings. The fourth-order valence-electron chi connectivity index (χ4n) is 6.41. The lowest BCUT2D eigenvalue weighted by atomic mass is 9.90. The fraction of sp³-hybridized carbons (Fsp3) is 0.343. The van der Waals surface area contributed by atoms with Crippen LogP contribution in [0.3, 0.4) is 0 Å². The van der Waals surface area contributed by atoms with Crippen LogP contribution in [0.4, 0.5) is 11.4 Å². The molecule has 2 saturated heterocycles. The van der Waals surface area contributed by atoms with Gasteiger partial charge in [-0.05, 0) is 67.3 Å². The summed E-state index contributed by atoms with van der Waals surface area (Å²) in [7, 11) is 1.64. The van der Waals surface area contributed by atoms with Crippen LogP contribution in [-0.4, -0.2) is 96.4 Å². The Morgan fingerprint density at radius 1 is 0.933 bits per heavy atom. The Morgan fingerprint density at radius 2 is 1.60 bits per heavy atom. The van der Waals surface area contributed by atoms with Crippen LogP contribution in [0.5, 0.6) is 0 Å². The second kappa shape index (κ2) is 12.5. The Kier molecular flexibility index (Phi) is 8.46. The second-order valence-corrected chi connectivity index (χ2v) is 12.1. The van der Waals surface area contributed by atoms with Gasteiger partial charge >= 0.3 is 5.97 Å². The number of benzene rings is 3. The molecular weight excluding hydrogens is 572 g/mol. The van der Waals surface area contributed by atoms with Crippen LogP contribution in [0.2, 0.25) is 0 Å². The van der Waals surface area contributed by atoms with E-state index >= 15 is 0 Å². The number of aromatic carboxylic acids is 1. The van der Waals surface area contributed by atoms with Crippen LogP contribution in [-0.2, 0) is 9.53 Å². The number of likely N-dealkylation sites (N-methyl/N-ethyl adjacent to an activating group) is 1. The number of aliphatic hydroxyl groups is 1. The molecule has 3 aromatic carbocycles. The van der Waals surface area contributed by atoms with Crippen molar-refractivity contribution in [3.05, 3.63) is 94.5 Å². The lowest BCUT2D eigenvalue weighted by molar-refractivity contribution is -0.112. The van der Waals surface area contributed by atoms with E-state index in [4.69, 9.17) is 4.74 Å². The summed E-state index contributed by atoms with van der Waals surface area (Å²) >= 11 is 0. The zero-order valence-electron chi connectivity index (χ0n) is 25.6. The molecule has 3 aliphatic heterocycles. The van der Waals surface area contributed by atoms with Crippen molar-refractivity contribution in [2.45, 2.75) is 25.4 Å². The number of ether oxygens (including phenoxy) is 1. The third-order valence-corrected chi connectivity index (χ3v) is 9.04. The monoisotopic (exact) mass is 610 g/mol. The number of rotatable bonds is 7. The molecule has 2 fully saturated rings. The Balaban J connectivity index is 1.22. The molecule has 2 amide bonds. The van der Waals surface area contributed by atoms with Crippen molar-refractivity contribution >= 4 is 40.4 Å². The number of piperidine rings is 1. The van der Waals surface area contributed by atoms with Gasteiger partial charge in [0.2, 0.25) is 0 Å². The second-order valence-electron chi connectivity index (χ2n) is 12.1. The summed E-state index contributed by atoms with van der Waals surface area (Å²) in [6.07, 6.45) is 1.06. The minimum atomic E-state index is -1.04. The van der Waals surface area contributed by atoms with E-state index in [0.29, 0.717) is 85.0 Å². The van der Waals surface area contributed by atoms with Crippen molar-refractivity contribution in [1.82, 2.24) is 9.80 Å². The minimum absolute atomic E-state index is 0.0807. The number of amides is 2. The van der Waals surface area contributed by atoms with Gasteiger partial charge in [-0.15, -0.1) is 0 Å². The lowest BCUT2D eigenvalue weighted by Crippen LogP contribution is -2.53. The molecule has 0 atom stereocenters. The van der Waals surface area contributed by atoms with E-state index in [1.165, 1.54) is 4.90 Å². The van der Waals surface area contributed by atoms with Gasteiger partial charge in [0.1, 0.15) is 0 Å². The molecule has 45 heavy (non-hydrogen) atoms. The summed E-state index contributed by atoms with van der Waals surface area (Å²) < 4.78 is 5.42. The maximum absolute atomic E-state index is 13.6. The first-order chi connectivity index (χ1) is 21.6. The number of carbonyl (C=O) groups is 3. The Morgan fingerprint density at radius 3 is 2.24 bits per heavy atom. The van der Waals surface area contributed by atoms with Crippen LogP contribution >= 0.6 is 0 Å². The van der Waals surface area contributed by atoms with E-state index in [-0.39, 0.29) is 17.4 Å². The topological polar surface area (TPSA) is 123 Å². The standard InChI is InChI=1S/C35H38N4O6/c1-23-20-28-29(21-27(23)34(42)43)37(2)33(41)30(28)31(24-6-4-3-5-7-24)36-26-10-8-25(9-11-26)32(40)39-14-12-35(44,13-15-39)22-38-16-18-45-19-17-38/h3-11,20-21,36,44H,12-19,22H2,1-2H3,(H,42,43). The van der Waals surface area contributed by atoms with Crippen LogP contribution in [0.1, 0.15) is 50.2 Å². The van der Waals surface area contributed by atoms with Gasteiger partial charge in [0, 0.05) is 56.6 Å². The van der Waals surface area contributed by atoms with Gasteiger partial charge in [0.25, 0.3) is 11.8 Å². The molecule has 0 bridgehead atoms. The van der Waals surface area contributed by atoms with Gasteiger partial charge in [-0.1, -0.05) is 30.3 Å². The molecule has 234 valence electrons. The fourth-order valence-corrected chi connectivity index (χ4v) is 6.41. The van der Waals surface area contributed by atoms with E-state index in [1.807, 2.05) is 42.5 Å². The Labute approximate surface area is 262 Å². The number of carboxylic acids is 1. The van der Waals surface area contributed by atoms with Gasteiger partial charge in [-0.25, -0.2) is 4.79 Å². The summed E-state index contributed by atoms with van der Waals surface area (Å²) in [5, 5.41) is 24.2. The van der Waals surface area contributed by atoms with Crippen LogP contribution in [0.25, 0.3) is 11.3 Å². The van der Waals surface area contributed by atoms with Crippen molar-refractivity contribution in [2.75, 3.05) is 63.2 Å². The Hall–Kier alpha value is -4.51. The van der Waals surface area contributed by atoms with Gasteiger partial charge in [-0.2, -0.15) is 0 Å². The van der Waals surface area contributed by atoms with Crippen molar-refractivity contribution in [3.8, 4) is 0 Å². The summed E-state index contributed by atoms with van der Waals surface area (Å²) in [6, 6.07) is 20.0. The highest BCUT2D eigenvalue weighted by Crippen LogP contribution is 2.42. The first-order valence-electron chi connectivity index (χ1n) is 15.3.